The van der Waals surface area contributed by atoms with Gasteiger partial charge in [0.25, 0.3) is 0 Å². The van der Waals surface area contributed by atoms with Gasteiger partial charge < -0.3 is 4.90 Å². The normalized spacial score (nSPS) is 11.0. The van der Waals surface area contributed by atoms with Crippen LogP contribution in [-0.2, 0) is 6.54 Å². The summed E-state index contributed by atoms with van der Waals surface area (Å²) in [5, 5.41) is 9.52. The molecule has 24 heavy (non-hydrogen) atoms. The van der Waals surface area contributed by atoms with Crippen LogP contribution in [0.4, 0.5) is 10.6 Å². The number of fused-ring (bicyclic) bond motifs is 1. The fourth-order valence-corrected chi connectivity index (χ4v) is 2.79. The van der Waals surface area contributed by atoms with E-state index in [1.54, 1.807) is 22.8 Å². The minimum Gasteiger partial charge on any atom is -0.323 e. The van der Waals surface area contributed by atoms with Crippen molar-refractivity contribution in [1.82, 2.24) is 14.7 Å². The first kappa shape index (κ1) is 16.1. The lowest BCUT2D eigenvalue weighted by atomic mass is 10.0. The van der Waals surface area contributed by atoms with E-state index in [2.05, 4.69) is 34.7 Å². The lowest BCUT2D eigenvalue weighted by Crippen LogP contribution is -2.31. The Morgan fingerprint density at radius 3 is 2.71 bits per heavy atom. The minimum absolute atomic E-state index is 0.148. The molecule has 0 bridgehead atoms. The van der Waals surface area contributed by atoms with Crippen molar-refractivity contribution in [3.8, 4) is 0 Å². The van der Waals surface area contributed by atoms with Gasteiger partial charge in [-0.15, -0.1) is 0 Å². The van der Waals surface area contributed by atoms with E-state index >= 15 is 0 Å². The zero-order valence-corrected chi connectivity index (χ0v) is 14.2. The van der Waals surface area contributed by atoms with Crippen molar-refractivity contribution in [1.29, 1.82) is 0 Å². The lowest BCUT2D eigenvalue weighted by Gasteiger charge is -2.20. The highest BCUT2D eigenvalue weighted by Gasteiger charge is 2.14. The Kier molecular flexibility index (Phi) is 4.51. The summed E-state index contributed by atoms with van der Waals surface area (Å²) in [6.45, 7) is 4.61. The molecule has 5 nitrogen and oxygen atoms in total. The molecule has 3 aromatic rings. The third kappa shape index (κ3) is 3.25. The van der Waals surface area contributed by atoms with Gasteiger partial charge in [-0.2, -0.15) is 5.10 Å². The zero-order valence-electron chi connectivity index (χ0n) is 14.2. The van der Waals surface area contributed by atoms with Gasteiger partial charge in [0.05, 0.1) is 6.20 Å². The largest absolute Gasteiger partial charge is 0.323 e. The SMILES string of the molecule is CC(C)n1nccc1NC(=O)N(C)Cc1cccc2ccccc12. The Hall–Kier alpha value is -2.82. The number of hydrogen-bond acceptors (Lipinski definition) is 2. The van der Waals surface area contributed by atoms with Gasteiger partial charge in [-0.25, -0.2) is 9.48 Å². The van der Waals surface area contributed by atoms with Crippen LogP contribution in [0.25, 0.3) is 10.8 Å². The fraction of sp³-hybridized carbons (Fsp3) is 0.263. The van der Waals surface area contributed by atoms with Gasteiger partial charge in [0.1, 0.15) is 5.82 Å². The number of nitrogens with one attached hydrogen (secondary N) is 1. The molecular formula is C19H22N4O. The topological polar surface area (TPSA) is 50.2 Å². The number of aromatic nitrogens is 2. The molecule has 2 aromatic carbocycles. The second-order valence-corrected chi connectivity index (χ2v) is 6.18. The summed E-state index contributed by atoms with van der Waals surface area (Å²) in [4.78, 5) is 14.2. The summed E-state index contributed by atoms with van der Waals surface area (Å²) in [5.41, 5.74) is 1.13. The molecular weight excluding hydrogens is 300 g/mol. The lowest BCUT2D eigenvalue weighted by molar-refractivity contribution is 0.220. The highest BCUT2D eigenvalue weighted by molar-refractivity contribution is 5.89. The van der Waals surface area contributed by atoms with Gasteiger partial charge in [0, 0.05) is 25.7 Å². The van der Waals surface area contributed by atoms with Crippen LogP contribution in [0, 0.1) is 0 Å². The summed E-state index contributed by atoms with van der Waals surface area (Å²) in [6, 6.07) is 16.2. The maximum absolute atomic E-state index is 12.5. The molecule has 1 aromatic heterocycles. The van der Waals surface area contributed by atoms with Crippen LogP contribution in [0.3, 0.4) is 0 Å². The molecule has 1 heterocycles. The zero-order chi connectivity index (χ0) is 17.1. The average molecular weight is 322 g/mol. The molecule has 5 heteroatoms. The Balaban J connectivity index is 1.75. The molecule has 0 spiro atoms. The highest BCUT2D eigenvalue weighted by atomic mass is 16.2. The molecule has 1 N–H and O–H groups in total. The van der Waals surface area contributed by atoms with Crippen molar-refractivity contribution in [2.75, 3.05) is 12.4 Å². The maximum Gasteiger partial charge on any atom is 0.323 e. The molecule has 0 radical (unpaired) electrons. The number of nitrogens with zero attached hydrogens (tertiary/aromatic N) is 3. The average Bonchev–Trinajstić information content (AvgIpc) is 3.03. The van der Waals surface area contributed by atoms with E-state index < -0.39 is 0 Å². The standard InChI is InChI=1S/C19H22N4O/c1-14(2)23-18(11-12-20-23)21-19(24)22(3)13-16-9-6-8-15-7-4-5-10-17(15)16/h4-12,14H,13H2,1-3H3,(H,21,24). The predicted molar refractivity (Wildman–Crippen MR) is 97.0 cm³/mol. The van der Waals surface area contributed by atoms with E-state index in [9.17, 15) is 4.79 Å². The van der Waals surface area contributed by atoms with Crippen LogP contribution in [0.5, 0.6) is 0 Å². The number of benzene rings is 2. The first-order chi connectivity index (χ1) is 11.6. The molecule has 0 aliphatic rings. The van der Waals surface area contributed by atoms with Crippen LogP contribution < -0.4 is 5.32 Å². The molecule has 3 rings (SSSR count). The fourth-order valence-electron chi connectivity index (χ4n) is 2.79. The molecule has 0 saturated carbocycles. The van der Waals surface area contributed by atoms with Crippen molar-refractivity contribution in [3.63, 3.8) is 0 Å². The van der Waals surface area contributed by atoms with Gasteiger partial charge in [-0.1, -0.05) is 42.5 Å². The van der Waals surface area contributed by atoms with Crippen LogP contribution in [-0.4, -0.2) is 27.8 Å². The molecule has 0 saturated heterocycles. The van der Waals surface area contributed by atoms with Crippen LogP contribution in [0.1, 0.15) is 25.5 Å². The summed E-state index contributed by atoms with van der Waals surface area (Å²) >= 11 is 0. The number of hydrogen-bond donors (Lipinski definition) is 1. The molecule has 0 unspecified atom stereocenters. The number of carbonyl (C=O) groups excluding carboxylic acids is 1. The molecule has 2 amide bonds. The predicted octanol–water partition coefficient (Wildman–Crippen LogP) is 4.28. The number of amides is 2. The van der Waals surface area contributed by atoms with Crippen LogP contribution in [0.15, 0.2) is 54.7 Å². The first-order valence-electron chi connectivity index (χ1n) is 8.08. The van der Waals surface area contributed by atoms with Crippen molar-refractivity contribution in [2.24, 2.45) is 0 Å². The van der Waals surface area contributed by atoms with Gasteiger partial charge in [0.2, 0.25) is 0 Å². The Bertz CT molecular complexity index is 848. The first-order valence-corrected chi connectivity index (χ1v) is 8.08. The van der Waals surface area contributed by atoms with Crippen molar-refractivity contribution in [3.05, 3.63) is 60.3 Å². The third-order valence-electron chi connectivity index (χ3n) is 4.03. The Morgan fingerprint density at radius 2 is 1.92 bits per heavy atom. The van der Waals surface area contributed by atoms with E-state index in [-0.39, 0.29) is 12.1 Å². The van der Waals surface area contributed by atoms with E-state index in [1.165, 1.54) is 10.8 Å². The maximum atomic E-state index is 12.5. The van der Waals surface area contributed by atoms with E-state index in [0.29, 0.717) is 12.4 Å². The van der Waals surface area contributed by atoms with E-state index in [0.717, 1.165) is 5.56 Å². The smallest absolute Gasteiger partial charge is 0.323 e. The Morgan fingerprint density at radius 1 is 1.17 bits per heavy atom. The number of urea groups is 1. The van der Waals surface area contributed by atoms with Gasteiger partial charge in [0.15, 0.2) is 0 Å². The summed E-state index contributed by atoms with van der Waals surface area (Å²) in [6.07, 6.45) is 1.69. The molecule has 0 fully saturated rings. The monoisotopic (exact) mass is 322 g/mol. The van der Waals surface area contributed by atoms with E-state index in [4.69, 9.17) is 0 Å². The van der Waals surface area contributed by atoms with Crippen LogP contribution in [0.2, 0.25) is 0 Å². The quantitative estimate of drug-likeness (QED) is 0.779. The number of carbonyl (C=O) groups is 1. The van der Waals surface area contributed by atoms with Gasteiger partial charge >= 0.3 is 6.03 Å². The Labute approximate surface area is 141 Å². The van der Waals surface area contributed by atoms with E-state index in [1.807, 2.05) is 38.1 Å². The van der Waals surface area contributed by atoms with Crippen LogP contribution >= 0.6 is 0 Å². The van der Waals surface area contributed by atoms with Gasteiger partial charge in [-0.3, -0.25) is 5.32 Å². The molecule has 0 atom stereocenters. The minimum atomic E-state index is -0.148. The number of anilines is 1. The molecule has 0 aliphatic carbocycles. The summed E-state index contributed by atoms with van der Waals surface area (Å²) < 4.78 is 1.80. The second-order valence-electron chi connectivity index (χ2n) is 6.18. The van der Waals surface area contributed by atoms with Gasteiger partial charge in [-0.05, 0) is 30.2 Å². The number of rotatable bonds is 4. The molecule has 124 valence electrons. The third-order valence-corrected chi connectivity index (χ3v) is 4.03. The summed E-state index contributed by atoms with van der Waals surface area (Å²) in [5.74, 6) is 0.708. The van der Waals surface area contributed by atoms with Crippen molar-refractivity contribution < 1.29 is 4.79 Å². The summed E-state index contributed by atoms with van der Waals surface area (Å²) in [7, 11) is 1.80. The van der Waals surface area contributed by atoms with Crippen molar-refractivity contribution in [2.45, 2.75) is 26.4 Å². The second kappa shape index (κ2) is 6.74. The highest BCUT2D eigenvalue weighted by Crippen LogP contribution is 2.20. The van der Waals surface area contributed by atoms with Crippen molar-refractivity contribution >= 4 is 22.6 Å². The molecule has 0 aliphatic heterocycles.